The molecule has 0 spiro atoms. The fourth-order valence-corrected chi connectivity index (χ4v) is 2.32. The van der Waals surface area contributed by atoms with Gasteiger partial charge in [-0.1, -0.05) is 0 Å². The van der Waals surface area contributed by atoms with Gasteiger partial charge in [-0.05, 0) is 43.6 Å². The van der Waals surface area contributed by atoms with E-state index in [9.17, 15) is 0 Å². The van der Waals surface area contributed by atoms with Crippen molar-refractivity contribution in [3.63, 3.8) is 0 Å². The molecule has 114 valence electrons. The van der Waals surface area contributed by atoms with E-state index in [1.54, 1.807) is 10.9 Å². The standard InChI is InChI=1S/C15H16ClN5O/c1-9(2)22-11-4-5-13-12(6-11)14(20-15(16)19-13)18-10-7-17-21(3)8-10/h4-9H,1-3H3,(H,18,19,20). The van der Waals surface area contributed by atoms with Crippen LogP contribution < -0.4 is 10.1 Å². The van der Waals surface area contributed by atoms with Gasteiger partial charge in [-0.25, -0.2) is 4.98 Å². The fraction of sp³-hybridized carbons (Fsp3) is 0.267. The van der Waals surface area contributed by atoms with Crippen molar-refractivity contribution in [1.82, 2.24) is 19.7 Å². The topological polar surface area (TPSA) is 64.9 Å². The van der Waals surface area contributed by atoms with Crippen molar-refractivity contribution in [3.05, 3.63) is 35.9 Å². The van der Waals surface area contributed by atoms with E-state index in [4.69, 9.17) is 16.3 Å². The summed E-state index contributed by atoms with van der Waals surface area (Å²) in [5.74, 6) is 1.39. The molecule has 0 amide bonds. The third kappa shape index (κ3) is 3.12. The van der Waals surface area contributed by atoms with E-state index >= 15 is 0 Å². The zero-order valence-electron chi connectivity index (χ0n) is 12.5. The zero-order chi connectivity index (χ0) is 15.7. The number of benzene rings is 1. The lowest BCUT2D eigenvalue weighted by Gasteiger charge is -2.12. The molecule has 0 atom stereocenters. The van der Waals surface area contributed by atoms with Gasteiger partial charge in [0.2, 0.25) is 5.28 Å². The predicted octanol–water partition coefficient (Wildman–Crippen LogP) is 3.55. The van der Waals surface area contributed by atoms with Crippen molar-refractivity contribution in [3.8, 4) is 5.75 Å². The van der Waals surface area contributed by atoms with Crippen LogP contribution in [0.1, 0.15) is 13.8 Å². The second-order valence-corrected chi connectivity index (χ2v) is 5.55. The Morgan fingerprint density at radius 3 is 2.77 bits per heavy atom. The minimum Gasteiger partial charge on any atom is -0.491 e. The van der Waals surface area contributed by atoms with Crippen molar-refractivity contribution in [2.75, 3.05) is 5.32 Å². The van der Waals surface area contributed by atoms with Crippen LogP contribution in [0.4, 0.5) is 11.5 Å². The lowest BCUT2D eigenvalue weighted by atomic mass is 10.2. The molecule has 2 aromatic heterocycles. The summed E-state index contributed by atoms with van der Waals surface area (Å²) in [6, 6.07) is 5.65. The molecule has 0 aliphatic carbocycles. The number of anilines is 2. The van der Waals surface area contributed by atoms with Crippen molar-refractivity contribution in [2.45, 2.75) is 20.0 Å². The van der Waals surface area contributed by atoms with Crippen molar-refractivity contribution in [2.24, 2.45) is 7.05 Å². The van der Waals surface area contributed by atoms with Gasteiger partial charge in [0.15, 0.2) is 0 Å². The van der Waals surface area contributed by atoms with Crippen LogP contribution in [0.2, 0.25) is 5.28 Å². The van der Waals surface area contributed by atoms with Gasteiger partial charge in [-0.15, -0.1) is 0 Å². The van der Waals surface area contributed by atoms with Gasteiger partial charge in [0.05, 0.1) is 23.5 Å². The number of aryl methyl sites for hydroxylation is 1. The van der Waals surface area contributed by atoms with Gasteiger partial charge in [-0.2, -0.15) is 10.1 Å². The minimum absolute atomic E-state index is 0.0976. The van der Waals surface area contributed by atoms with Crippen molar-refractivity contribution in [1.29, 1.82) is 0 Å². The van der Waals surface area contributed by atoms with Crippen LogP contribution in [0.5, 0.6) is 5.75 Å². The Hall–Kier alpha value is -2.34. The van der Waals surface area contributed by atoms with Crippen LogP contribution in [0.15, 0.2) is 30.6 Å². The highest BCUT2D eigenvalue weighted by Crippen LogP contribution is 2.28. The summed E-state index contributed by atoms with van der Waals surface area (Å²) in [7, 11) is 1.85. The maximum absolute atomic E-state index is 6.01. The number of rotatable bonds is 4. The molecule has 2 heterocycles. The summed E-state index contributed by atoms with van der Waals surface area (Å²) in [5.41, 5.74) is 1.58. The molecule has 1 aromatic carbocycles. The van der Waals surface area contributed by atoms with Crippen LogP contribution in [0.3, 0.4) is 0 Å². The Kier molecular flexibility index (Phi) is 3.85. The predicted molar refractivity (Wildman–Crippen MR) is 86.8 cm³/mol. The molecule has 7 heteroatoms. The average Bonchev–Trinajstić information content (AvgIpc) is 2.84. The summed E-state index contributed by atoms with van der Waals surface area (Å²) in [6.07, 6.45) is 3.67. The molecule has 0 bridgehead atoms. The number of hydrogen-bond donors (Lipinski definition) is 1. The van der Waals surface area contributed by atoms with Crippen LogP contribution in [-0.2, 0) is 7.05 Å². The molecule has 0 aliphatic heterocycles. The molecule has 3 rings (SSSR count). The highest BCUT2D eigenvalue weighted by molar-refractivity contribution is 6.28. The number of ether oxygens (including phenoxy) is 1. The van der Waals surface area contributed by atoms with Crippen LogP contribution in [0.25, 0.3) is 10.9 Å². The number of aromatic nitrogens is 4. The first-order chi connectivity index (χ1) is 10.5. The average molecular weight is 318 g/mol. The number of nitrogens with zero attached hydrogens (tertiary/aromatic N) is 4. The highest BCUT2D eigenvalue weighted by atomic mass is 35.5. The van der Waals surface area contributed by atoms with Gasteiger partial charge in [0.1, 0.15) is 11.6 Å². The number of hydrogen-bond acceptors (Lipinski definition) is 5. The summed E-state index contributed by atoms with van der Waals surface area (Å²) < 4.78 is 7.44. The molecular weight excluding hydrogens is 302 g/mol. The number of fused-ring (bicyclic) bond motifs is 1. The van der Waals surface area contributed by atoms with Crippen LogP contribution >= 0.6 is 11.6 Å². The Labute approximate surface area is 133 Å². The molecule has 0 saturated heterocycles. The van der Waals surface area contributed by atoms with E-state index in [1.807, 2.05) is 45.3 Å². The molecule has 22 heavy (non-hydrogen) atoms. The van der Waals surface area contributed by atoms with Gasteiger partial charge < -0.3 is 10.1 Å². The van der Waals surface area contributed by atoms with Gasteiger partial charge in [0, 0.05) is 18.6 Å². The zero-order valence-corrected chi connectivity index (χ0v) is 13.3. The Morgan fingerprint density at radius 2 is 2.09 bits per heavy atom. The van der Waals surface area contributed by atoms with E-state index in [2.05, 4.69) is 20.4 Å². The summed E-state index contributed by atoms with van der Waals surface area (Å²) in [5, 5.41) is 8.37. The largest absolute Gasteiger partial charge is 0.491 e. The smallest absolute Gasteiger partial charge is 0.224 e. The summed E-state index contributed by atoms with van der Waals surface area (Å²) in [6.45, 7) is 3.97. The Morgan fingerprint density at radius 1 is 1.27 bits per heavy atom. The van der Waals surface area contributed by atoms with Crippen molar-refractivity contribution >= 4 is 34.0 Å². The van der Waals surface area contributed by atoms with E-state index < -0.39 is 0 Å². The Bertz CT molecular complexity index is 815. The monoisotopic (exact) mass is 317 g/mol. The van der Waals surface area contributed by atoms with E-state index in [0.717, 1.165) is 22.3 Å². The molecule has 6 nitrogen and oxygen atoms in total. The fourth-order valence-electron chi connectivity index (χ4n) is 2.14. The molecule has 3 aromatic rings. The van der Waals surface area contributed by atoms with Crippen LogP contribution in [0, 0.1) is 0 Å². The molecule has 0 saturated carbocycles. The number of halogens is 1. The van der Waals surface area contributed by atoms with Gasteiger partial charge in [0.25, 0.3) is 0 Å². The second-order valence-electron chi connectivity index (χ2n) is 5.21. The van der Waals surface area contributed by atoms with Gasteiger partial charge in [-0.3, -0.25) is 4.68 Å². The summed E-state index contributed by atoms with van der Waals surface area (Å²) in [4.78, 5) is 8.52. The third-order valence-electron chi connectivity index (χ3n) is 2.98. The first-order valence-corrected chi connectivity index (χ1v) is 7.28. The van der Waals surface area contributed by atoms with Gasteiger partial charge >= 0.3 is 0 Å². The maximum Gasteiger partial charge on any atom is 0.224 e. The van der Waals surface area contributed by atoms with Crippen molar-refractivity contribution < 1.29 is 4.74 Å². The quantitative estimate of drug-likeness (QED) is 0.745. The lowest BCUT2D eigenvalue weighted by molar-refractivity contribution is 0.243. The highest BCUT2D eigenvalue weighted by Gasteiger charge is 2.10. The number of nitrogens with one attached hydrogen (secondary N) is 1. The molecular formula is C15H16ClN5O. The molecule has 1 N–H and O–H groups in total. The van der Waals surface area contributed by atoms with E-state index in [1.165, 1.54) is 0 Å². The van der Waals surface area contributed by atoms with Crippen LogP contribution in [-0.4, -0.2) is 25.9 Å². The third-order valence-corrected chi connectivity index (χ3v) is 3.15. The lowest BCUT2D eigenvalue weighted by Crippen LogP contribution is -2.05. The maximum atomic E-state index is 6.01. The summed E-state index contributed by atoms with van der Waals surface area (Å²) >= 11 is 6.01. The first kappa shape index (κ1) is 14.6. The molecule has 0 unspecified atom stereocenters. The van der Waals surface area contributed by atoms with E-state index in [0.29, 0.717) is 5.82 Å². The molecule has 0 fully saturated rings. The normalized spacial score (nSPS) is 11.1. The SMILES string of the molecule is CC(C)Oc1ccc2nc(Cl)nc(Nc3cnn(C)c3)c2c1. The Balaban J connectivity index is 2.06. The molecule has 0 radical (unpaired) electrons. The molecule has 0 aliphatic rings. The van der Waals surface area contributed by atoms with E-state index in [-0.39, 0.29) is 11.4 Å². The first-order valence-electron chi connectivity index (χ1n) is 6.91. The minimum atomic E-state index is 0.0976. The second kappa shape index (κ2) is 5.81.